The van der Waals surface area contributed by atoms with Gasteiger partial charge in [0.05, 0.1) is 5.75 Å². The number of sulfonamides is 1. The highest BCUT2D eigenvalue weighted by atomic mass is 32.2. The van der Waals surface area contributed by atoms with Crippen molar-refractivity contribution in [3.05, 3.63) is 0 Å². The molecule has 112 valence electrons. The molecular weight excluding hydrogens is 264 g/mol. The van der Waals surface area contributed by atoms with Gasteiger partial charge in [-0.05, 0) is 44.6 Å². The van der Waals surface area contributed by atoms with Gasteiger partial charge < -0.3 is 10.1 Å². The van der Waals surface area contributed by atoms with Crippen LogP contribution in [0.25, 0.3) is 0 Å². The van der Waals surface area contributed by atoms with Crippen LogP contribution in [-0.4, -0.2) is 57.9 Å². The molecule has 5 nitrogen and oxygen atoms in total. The highest BCUT2D eigenvalue weighted by molar-refractivity contribution is 7.89. The first-order valence-electron chi connectivity index (χ1n) is 7.33. The van der Waals surface area contributed by atoms with Crippen LogP contribution in [0, 0.1) is 5.92 Å². The van der Waals surface area contributed by atoms with E-state index < -0.39 is 10.0 Å². The van der Waals surface area contributed by atoms with Gasteiger partial charge in [-0.2, -0.15) is 0 Å². The lowest BCUT2D eigenvalue weighted by Gasteiger charge is -2.34. The molecule has 2 saturated heterocycles. The standard InChI is InChI=1S/C13H26N2O3S/c1-18-10-3-11-19(16,17)15-8-5-12(6-9-15)13-4-2-7-14-13/h12-14H,2-11H2,1H3. The van der Waals surface area contributed by atoms with Crippen LogP contribution >= 0.6 is 0 Å². The molecule has 0 spiro atoms. The fourth-order valence-electron chi connectivity index (χ4n) is 3.18. The van der Waals surface area contributed by atoms with Gasteiger partial charge in [0.25, 0.3) is 0 Å². The first-order chi connectivity index (χ1) is 9.13. The summed E-state index contributed by atoms with van der Waals surface area (Å²) in [4.78, 5) is 0. The molecular formula is C13H26N2O3S. The number of methoxy groups -OCH3 is 1. The zero-order chi connectivity index (χ0) is 13.7. The summed E-state index contributed by atoms with van der Waals surface area (Å²) in [5, 5.41) is 3.54. The van der Waals surface area contributed by atoms with Crippen molar-refractivity contribution < 1.29 is 13.2 Å². The number of nitrogens with zero attached hydrogens (tertiary/aromatic N) is 1. The summed E-state index contributed by atoms with van der Waals surface area (Å²) in [7, 11) is -1.47. The van der Waals surface area contributed by atoms with E-state index in [1.807, 2.05) is 0 Å². The minimum atomic E-state index is -3.07. The molecule has 0 aromatic rings. The summed E-state index contributed by atoms with van der Waals surface area (Å²) >= 11 is 0. The third-order valence-electron chi connectivity index (χ3n) is 4.31. The molecule has 2 aliphatic heterocycles. The van der Waals surface area contributed by atoms with Crippen LogP contribution in [0.5, 0.6) is 0 Å². The number of hydrogen-bond acceptors (Lipinski definition) is 4. The molecule has 2 rings (SSSR count). The molecule has 0 aromatic carbocycles. The molecule has 0 saturated carbocycles. The lowest BCUT2D eigenvalue weighted by atomic mass is 9.89. The van der Waals surface area contributed by atoms with Crippen molar-refractivity contribution in [2.45, 2.75) is 38.1 Å². The molecule has 0 aliphatic carbocycles. The van der Waals surface area contributed by atoms with Crippen molar-refractivity contribution in [1.82, 2.24) is 9.62 Å². The van der Waals surface area contributed by atoms with Crippen molar-refractivity contribution in [2.24, 2.45) is 5.92 Å². The van der Waals surface area contributed by atoms with Crippen molar-refractivity contribution in [3.63, 3.8) is 0 Å². The largest absolute Gasteiger partial charge is 0.385 e. The van der Waals surface area contributed by atoms with E-state index in [9.17, 15) is 8.42 Å². The summed E-state index contributed by atoms with van der Waals surface area (Å²) in [6, 6.07) is 0.623. The molecule has 0 bridgehead atoms. The first kappa shape index (κ1) is 15.2. The van der Waals surface area contributed by atoms with E-state index in [0.29, 0.717) is 38.1 Å². The second-order valence-corrected chi connectivity index (χ2v) is 7.69. The minimum Gasteiger partial charge on any atom is -0.385 e. The molecule has 1 atom stereocenters. The van der Waals surface area contributed by atoms with Crippen LogP contribution in [-0.2, 0) is 14.8 Å². The van der Waals surface area contributed by atoms with Crippen LogP contribution < -0.4 is 5.32 Å². The van der Waals surface area contributed by atoms with Crippen molar-refractivity contribution in [1.29, 1.82) is 0 Å². The first-order valence-corrected chi connectivity index (χ1v) is 8.94. The molecule has 2 heterocycles. The normalized spacial score (nSPS) is 26.9. The molecule has 0 aromatic heterocycles. The number of ether oxygens (including phenoxy) is 1. The SMILES string of the molecule is COCCCS(=O)(=O)N1CCC(C2CCCN2)CC1. The molecule has 0 radical (unpaired) electrons. The van der Waals surface area contributed by atoms with E-state index in [0.717, 1.165) is 19.4 Å². The quantitative estimate of drug-likeness (QED) is 0.736. The van der Waals surface area contributed by atoms with E-state index in [2.05, 4.69) is 5.32 Å². The summed E-state index contributed by atoms with van der Waals surface area (Å²) in [5.41, 5.74) is 0. The minimum absolute atomic E-state index is 0.215. The predicted molar refractivity (Wildman–Crippen MR) is 75.6 cm³/mol. The summed E-state index contributed by atoms with van der Waals surface area (Å²) in [5.74, 6) is 0.876. The zero-order valence-electron chi connectivity index (χ0n) is 11.8. The molecule has 2 fully saturated rings. The average molecular weight is 290 g/mol. The van der Waals surface area contributed by atoms with Gasteiger partial charge >= 0.3 is 0 Å². The van der Waals surface area contributed by atoms with Crippen molar-refractivity contribution >= 4 is 10.0 Å². The fourth-order valence-corrected chi connectivity index (χ4v) is 4.69. The van der Waals surface area contributed by atoms with Crippen LogP contribution in [0.1, 0.15) is 32.1 Å². The average Bonchev–Trinajstić information content (AvgIpc) is 2.93. The second kappa shape index (κ2) is 7.02. The smallest absolute Gasteiger partial charge is 0.214 e. The molecule has 1 unspecified atom stereocenters. The van der Waals surface area contributed by atoms with Crippen LogP contribution in [0.4, 0.5) is 0 Å². The van der Waals surface area contributed by atoms with Gasteiger partial charge in [-0.3, -0.25) is 0 Å². The topological polar surface area (TPSA) is 58.6 Å². The number of nitrogens with one attached hydrogen (secondary N) is 1. The Kier molecular flexibility index (Phi) is 5.62. The summed E-state index contributed by atoms with van der Waals surface area (Å²) < 4.78 is 30.9. The fraction of sp³-hybridized carbons (Fsp3) is 1.00. The van der Waals surface area contributed by atoms with Crippen LogP contribution in [0.2, 0.25) is 0 Å². The van der Waals surface area contributed by atoms with Crippen LogP contribution in [0.15, 0.2) is 0 Å². The van der Waals surface area contributed by atoms with Gasteiger partial charge in [0.1, 0.15) is 0 Å². The molecule has 6 heteroatoms. The molecule has 2 aliphatic rings. The van der Waals surface area contributed by atoms with Gasteiger partial charge in [0.2, 0.25) is 10.0 Å². The second-order valence-electron chi connectivity index (χ2n) is 5.60. The lowest BCUT2D eigenvalue weighted by molar-refractivity contribution is 0.198. The Balaban J connectivity index is 1.78. The highest BCUT2D eigenvalue weighted by Gasteiger charge is 2.32. The maximum Gasteiger partial charge on any atom is 0.214 e. The van der Waals surface area contributed by atoms with Gasteiger partial charge in [-0.25, -0.2) is 12.7 Å². The monoisotopic (exact) mass is 290 g/mol. The molecule has 19 heavy (non-hydrogen) atoms. The van der Waals surface area contributed by atoms with Gasteiger partial charge in [-0.15, -0.1) is 0 Å². The summed E-state index contributed by atoms with van der Waals surface area (Å²) in [6.07, 6.45) is 5.11. The third kappa shape index (κ3) is 4.15. The Morgan fingerprint density at radius 3 is 2.58 bits per heavy atom. The maximum absolute atomic E-state index is 12.1. The van der Waals surface area contributed by atoms with E-state index in [-0.39, 0.29) is 5.75 Å². The van der Waals surface area contributed by atoms with Gasteiger partial charge in [-0.1, -0.05) is 0 Å². The van der Waals surface area contributed by atoms with Crippen molar-refractivity contribution in [2.75, 3.05) is 39.1 Å². The van der Waals surface area contributed by atoms with E-state index in [4.69, 9.17) is 4.74 Å². The van der Waals surface area contributed by atoms with Gasteiger partial charge in [0.15, 0.2) is 0 Å². The van der Waals surface area contributed by atoms with E-state index in [1.54, 1.807) is 11.4 Å². The Morgan fingerprint density at radius 2 is 2.00 bits per heavy atom. The lowest BCUT2D eigenvalue weighted by Crippen LogP contribution is -2.44. The number of hydrogen-bond donors (Lipinski definition) is 1. The van der Waals surface area contributed by atoms with Gasteiger partial charge in [0, 0.05) is 32.8 Å². The molecule has 0 amide bonds. The zero-order valence-corrected chi connectivity index (χ0v) is 12.6. The van der Waals surface area contributed by atoms with E-state index in [1.165, 1.54) is 12.8 Å². The number of rotatable bonds is 6. The Labute approximate surface area is 116 Å². The Hall–Kier alpha value is -0.170. The maximum atomic E-state index is 12.1. The summed E-state index contributed by atoms with van der Waals surface area (Å²) in [6.45, 7) is 3.03. The molecule has 1 N–H and O–H groups in total. The highest BCUT2D eigenvalue weighted by Crippen LogP contribution is 2.26. The van der Waals surface area contributed by atoms with Crippen molar-refractivity contribution in [3.8, 4) is 0 Å². The number of piperidine rings is 1. The Morgan fingerprint density at radius 1 is 1.26 bits per heavy atom. The van der Waals surface area contributed by atoms with E-state index >= 15 is 0 Å². The Bertz CT molecular complexity index is 358. The third-order valence-corrected chi connectivity index (χ3v) is 6.27. The van der Waals surface area contributed by atoms with Crippen LogP contribution in [0.3, 0.4) is 0 Å². The predicted octanol–water partition coefficient (Wildman–Crippen LogP) is 0.817.